The molecule has 0 atom stereocenters. The van der Waals surface area contributed by atoms with Crippen molar-refractivity contribution in [1.82, 2.24) is 10.3 Å². The topological polar surface area (TPSA) is 54.1 Å². The summed E-state index contributed by atoms with van der Waals surface area (Å²) in [6.45, 7) is 3.24. The Hall–Kier alpha value is -2.66. The quantitative estimate of drug-likeness (QED) is 0.730. The summed E-state index contributed by atoms with van der Waals surface area (Å²) >= 11 is 0. The first-order valence-corrected chi connectivity index (χ1v) is 7.90. The highest BCUT2D eigenvalue weighted by Crippen LogP contribution is 2.19. The predicted molar refractivity (Wildman–Crippen MR) is 92.7 cm³/mol. The van der Waals surface area contributed by atoms with Crippen LogP contribution in [0.2, 0.25) is 0 Å². The van der Waals surface area contributed by atoms with Gasteiger partial charge in [-0.1, -0.05) is 18.2 Å². The number of benzene rings is 2. The summed E-state index contributed by atoms with van der Waals surface area (Å²) in [7, 11) is 0. The summed E-state index contributed by atoms with van der Waals surface area (Å²) < 4.78 is 19.1. The van der Waals surface area contributed by atoms with Crippen LogP contribution in [0.3, 0.4) is 0 Å². The Morgan fingerprint density at radius 2 is 1.88 bits per heavy atom. The molecule has 0 fully saturated rings. The third kappa shape index (κ3) is 3.63. The fourth-order valence-corrected chi connectivity index (χ4v) is 2.59. The van der Waals surface area contributed by atoms with E-state index in [9.17, 15) is 9.18 Å². The summed E-state index contributed by atoms with van der Waals surface area (Å²) in [6.07, 6.45) is 0. The average Bonchev–Trinajstić information content (AvgIpc) is 2.57. The highest BCUT2D eigenvalue weighted by Gasteiger charge is 2.05. The van der Waals surface area contributed by atoms with Gasteiger partial charge in [0.25, 0.3) is 5.56 Å². The summed E-state index contributed by atoms with van der Waals surface area (Å²) in [5.74, 6) is 0.515. The van der Waals surface area contributed by atoms with Gasteiger partial charge < -0.3 is 15.0 Å². The van der Waals surface area contributed by atoms with Crippen molar-refractivity contribution >= 4 is 10.9 Å². The van der Waals surface area contributed by atoms with Gasteiger partial charge in [0.2, 0.25) is 0 Å². The molecule has 0 spiro atoms. The fourth-order valence-electron chi connectivity index (χ4n) is 2.59. The first-order chi connectivity index (χ1) is 11.7. The molecule has 3 rings (SSSR count). The van der Waals surface area contributed by atoms with Gasteiger partial charge in [-0.2, -0.15) is 0 Å². The molecule has 5 heteroatoms. The van der Waals surface area contributed by atoms with Crippen LogP contribution in [0.5, 0.6) is 5.75 Å². The van der Waals surface area contributed by atoms with E-state index in [1.54, 1.807) is 18.2 Å². The number of pyridine rings is 1. The number of fused-ring (bicyclic) bond motifs is 1. The average molecular weight is 326 g/mol. The van der Waals surface area contributed by atoms with E-state index in [1.165, 1.54) is 6.07 Å². The smallest absolute Gasteiger partial charge is 0.252 e. The standard InChI is InChI=1S/C19H19FN2O2/c1-2-24-16-7-8-18-14(10-16)9-15(19(23)22-18)12-21-11-13-5-3-4-6-17(13)20/h3-10,21H,2,11-12H2,1H3,(H,22,23). The minimum atomic E-state index is -0.251. The highest BCUT2D eigenvalue weighted by molar-refractivity contribution is 5.80. The Kier molecular flexibility index (Phi) is 4.91. The molecule has 0 unspecified atom stereocenters. The lowest BCUT2D eigenvalue weighted by atomic mass is 10.1. The number of hydrogen-bond acceptors (Lipinski definition) is 3. The summed E-state index contributed by atoms with van der Waals surface area (Å²) in [4.78, 5) is 15.0. The van der Waals surface area contributed by atoms with E-state index >= 15 is 0 Å². The van der Waals surface area contributed by atoms with Crippen molar-refractivity contribution in [2.75, 3.05) is 6.61 Å². The van der Waals surface area contributed by atoms with Crippen LogP contribution in [0.1, 0.15) is 18.1 Å². The second kappa shape index (κ2) is 7.27. The Morgan fingerprint density at radius 1 is 1.08 bits per heavy atom. The van der Waals surface area contributed by atoms with Crippen molar-refractivity contribution in [2.24, 2.45) is 0 Å². The van der Waals surface area contributed by atoms with Gasteiger partial charge in [0.1, 0.15) is 11.6 Å². The van der Waals surface area contributed by atoms with Crippen LogP contribution in [-0.4, -0.2) is 11.6 Å². The number of hydrogen-bond donors (Lipinski definition) is 2. The maximum absolute atomic E-state index is 13.6. The zero-order valence-electron chi connectivity index (χ0n) is 13.4. The SMILES string of the molecule is CCOc1ccc2[nH]c(=O)c(CNCc3ccccc3F)cc2c1. The molecule has 0 bridgehead atoms. The molecule has 0 aliphatic heterocycles. The first kappa shape index (κ1) is 16.2. The largest absolute Gasteiger partial charge is 0.494 e. The monoisotopic (exact) mass is 326 g/mol. The molecular weight excluding hydrogens is 307 g/mol. The highest BCUT2D eigenvalue weighted by atomic mass is 19.1. The van der Waals surface area contributed by atoms with Crippen molar-refractivity contribution in [1.29, 1.82) is 0 Å². The molecule has 0 aliphatic carbocycles. The zero-order chi connectivity index (χ0) is 16.9. The van der Waals surface area contributed by atoms with Gasteiger partial charge in [-0.15, -0.1) is 0 Å². The fraction of sp³-hybridized carbons (Fsp3) is 0.211. The third-order valence-electron chi connectivity index (χ3n) is 3.79. The van der Waals surface area contributed by atoms with E-state index in [2.05, 4.69) is 10.3 Å². The minimum absolute atomic E-state index is 0.146. The number of H-pyrrole nitrogens is 1. The number of aromatic nitrogens is 1. The summed E-state index contributed by atoms with van der Waals surface area (Å²) in [5, 5.41) is 4.02. The summed E-state index contributed by atoms with van der Waals surface area (Å²) in [5.41, 5.74) is 1.80. The second-order valence-corrected chi connectivity index (χ2v) is 5.50. The molecule has 2 aromatic carbocycles. The van der Waals surface area contributed by atoms with Crippen LogP contribution in [0.4, 0.5) is 4.39 Å². The Morgan fingerprint density at radius 3 is 2.67 bits per heavy atom. The number of ether oxygens (including phenoxy) is 1. The molecule has 0 radical (unpaired) electrons. The Labute approximate surface area is 139 Å². The first-order valence-electron chi connectivity index (χ1n) is 7.90. The van der Waals surface area contributed by atoms with Crippen LogP contribution in [-0.2, 0) is 13.1 Å². The van der Waals surface area contributed by atoms with Crippen LogP contribution >= 0.6 is 0 Å². The lowest BCUT2D eigenvalue weighted by Crippen LogP contribution is -2.21. The van der Waals surface area contributed by atoms with Gasteiger partial charge in [0.15, 0.2) is 0 Å². The van der Waals surface area contributed by atoms with Gasteiger partial charge in [-0.25, -0.2) is 4.39 Å². The molecule has 0 amide bonds. The maximum Gasteiger partial charge on any atom is 0.252 e. The molecule has 0 aliphatic rings. The van der Waals surface area contributed by atoms with Gasteiger partial charge in [0, 0.05) is 35.1 Å². The van der Waals surface area contributed by atoms with E-state index in [4.69, 9.17) is 4.74 Å². The number of nitrogens with one attached hydrogen (secondary N) is 2. The van der Waals surface area contributed by atoms with Gasteiger partial charge in [-0.05, 0) is 37.3 Å². The van der Waals surface area contributed by atoms with E-state index in [0.29, 0.717) is 30.8 Å². The van der Waals surface area contributed by atoms with Crippen LogP contribution in [0.25, 0.3) is 10.9 Å². The van der Waals surface area contributed by atoms with E-state index < -0.39 is 0 Å². The zero-order valence-corrected chi connectivity index (χ0v) is 13.4. The third-order valence-corrected chi connectivity index (χ3v) is 3.79. The van der Waals surface area contributed by atoms with E-state index in [0.717, 1.165) is 16.7 Å². The lowest BCUT2D eigenvalue weighted by molar-refractivity contribution is 0.340. The number of halogens is 1. The van der Waals surface area contributed by atoms with Crippen LogP contribution in [0.15, 0.2) is 53.3 Å². The second-order valence-electron chi connectivity index (χ2n) is 5.50. The van der Waals surface area contributed by atoms with Gasteiger partial charge in [-0.3, -0.25) is 4.79 Å². The Bertz CT molecular complexity index is 905. The molecule has 124 valence electrons. The van der Waals surface area contributed by atoms with Crippen LogP contribution < -0.4 is 15.6 Å². The van der Waals surface area contributed by atoms with E-state index in [-0.39, 0.29) is 11.4 Å². The van der Waals surface area contributed by atoms with Crippen molar-refractivity contribution in [3.63, 3.8) is 0 Å². The van der Waals surface area contributed by atoms with Crippen LogP contribution in [0, 0.1) is 5.82 Å². The molecule has 1 heterocycles. The van der Waals surface area contributed by atoms with Crippen molar-refractivity contribution in [2.45, 2.75) is 20.0 Å². The lowest BCUT2D eigenvalue weighted by Gasteiger charge is -2.08. The van der Waals surface area contributed by atoms with Gasteiger partial charge >= 0.3 is 0 Å². The van der Waals surface area contributed by atoms with Crippen molar-refractivity contribution in [3.05, 3.63) is 75.8 Å². The molecule has 24 heavy (non-hydrogen) atoms. The summed E-state index contributed by atoms with van der Waals surface area (Å²) in [6, 6.07) is 14.0. The van der Waals surface area contributed by atoms with Crippen molar-refractivity contribution in [3.8, 4) is 5.75 Å². The molecule has 0 saturated carbocycles. The minimum Gasteiger partial charge on any atom is -0.494 e. The predicted octanol–water partition coefficient (Wildman–Crippen LogP) is 3.36. The molecular formula is C19H19FN2O2. The molecule has 0 saturated heterocycles. The molecule has 4 nitrogen and oxygen atoms in total. The van der Waals surface area contributed by atoms with E-state index in [1.807, 2.05) is 31.2 Å². The maximum atomic E-state index is 13.6. The van der Waals surface area contributed by atoms with Gasteiger partial charge in [0.05, 0.1) is 6.61 Å². The normalized spacial score (nSPS) is 10.9. The number of rotatable bonds is 6. The molecule has 3 aromatic rings. The molecule has 2 N–H and O–H groups in total. The van der Waals surface area contributed by atoms with Crippen molar-refractivity contribution < 1.29 is 9.13 Å². The number of aromatic amines is 1. The molecule has 1 aromatic heterocycles. The Balaban J connectivity index is 1.77.